The molecule has 126 valence electrons. The Morgan fingerprint density at radius 1 is 1.12 bits per heavy atom. The van der Waals surface area contributed by atoms with Crippen LogP contribution in [0.4, 0.5) is 10.5 Å². The molecule has 0 fully saturated rings. The predicted molar refractivity (Wildman–Crippen MR) is 98.0 cm³/mol. The number of carbonyl (C=O) groups is 2. The zero-order valence-corrected chi connectivity index (χ0v) is 14.4. The van der Waals surface area contributed by atoms with Gasteiger partial charge in [0.15, 0.2) is 0 Å². The van der Waals surface area contributed by atoms with Crippen LogP contribution in [-0.4, -0.2) is 17.7 Å². The molecule has 3 amide bonds. The van der Waals surface area contributed by atoms with Crippen LogP contribution in [0.1, 0.15) is 17.5 Å². The molecule has 0 aliphatic carbocycles. The topological polar surface area (TPSA) is 84.2 Å². The van der Waals surface area contributed by atoms with Gasteiger partial charge in [-0.05, 0) is 24.6 Å². The Morgan fingerprint density at radius 2 is 1.92 bits per heavy atom. The molecule has 0 heterocycles. The van der Waals surface area contributed by atoms with Gasteiger partial charge in [0.2, 0.25) is 5.91 Å². The number of rotatable bonds is 7. The van der Waals surface area contributed by atoms with Crippen LogP contribution < -0.4 is 16.4 Å². The summed E-state index contributed by atoms with van der Waals surface area (Å²) in [6, 6.07) is 15.2. The van der Waals surface area contributed by atoms with Gasteiger partial charge in [0.05, 0.1) is 5.69 Å². The lowest BCUT2D eigenvalue weighted by atomic mass is 10.1. The van der Waals surface area contributed by atoms with Gasteiger partial charge >= 0.3 is 6.03 Å². The van der Waals surface area contributed by atoms with Crippen LogP contribution in [0.15, 0.2) is 53.4 Å². The summed E-state index contributed by atoms with van der Waals surface area (Å²) >= 11 is 1.49. The van der Waals surface area contributed by atoms with Crippen LogP contribution in [0.3, 0.4) is 0 Å². The molecule has 0 unspecified atom stereocenters. The van der Waals surface area contributed by atoms with Crippen LogP contribution in [0.25, 0.3) is 0 Å². The summed E-state index contributed by atoms with van der Waals surface area (Å²) in [5.74, 6) is 0.252. The molecule has 0 aliphatic rings. The van der Waals surface area contributed by atoms with E-state index in [1.165, 1.54) is 11.8 Å². The minimum absolute atomic E-state index is 0.264. The molecule has 0 bridgehead atoms. The van der Waals surface area contributed by atoms with E-state index in [9.17, 15) is 9.59 Å². The van der Waals surface area contributed by atoms with Crippen molar-refractivity contribution in [1.82, 2.24) is 5.32 Å². The fourth-order valence-corrected chi connectivity index (χ4v) is 3.10. The molecule has 0 radical (unpaired) electrons. The van der Waals surface area contributed by atoms with Crippen molar-refractivity contribution in [2.24, 2.45) is 5.73 Å². The number of thioether (sulfide) groups is 1. The minimum Gasteiger partial charge on any atom is -0.370 e. The number of carbonyl (C=O) groups excluding carboxylic acids is 2. The van der Waals surface area contributed by atoms with E-state index in [0.29, 0.717) is 24.4 Å². The lowest BCUT2D eigenvalue weighted by Gasteiger charge is -2.11. The van der Waals surface area contributed by atoms with E-state index in [1.807, 2.05) is 55.5 Å². The van der Waals surface area contributed by atoms with Crippen LogP contribution >= 0.6 is 11.8 Å². The van der Waals surface area contributed by atoms with Crippen molar-refractivity contribution in [3.63, 3.8) is 0 Å². The van der Waals surface area contributed by atoms with E-state index in [-0.39, 0.29) is 11.9 Å². The predicted octanol–water partition coefficient (Wildman–Crippen LogP) is 3.28. The van der Waals surface area contributed by atoms with Crippen molar-refractivity contribution in [1.29, 1.82) is 0 Å². The van der Waals surface area contributed by atoms with E-state index in [1.54, 1.807) is 0 Å². The minimum atomic E-state index is -0.330. The zero-order valence-electron chi connectivity index (χ0n) is 13.5. The van der Waals surface area contributed by atoms with E-state index >= 15 is 0 Å². The first kappa shape index (κ1) is 17.9. The number of para-hydroxylation sites is 1. The van der Waals surface area contributed by atoms with Crippen LogP contribution in [0.2, 0.25) is 0 Å². The highest BCUT2D eigenvalue weighted by molar-refractivity contribution is 7.99. The Bertz CT molecular complexity index is 719. The summed E-state index contributed by atoms with van der Waals surface area (Å²) in [4.78, 5) is 23.8. The maximum absolute atomic E-state index is 12.1. The summed E-state index contributed by atoms with van der Waals surface area (Å²) in [5.41, 5.74) is 8.07. The third-order valence-electron chi connectivity index (χ3n) is 3.28. The lowest BCUT2D eigenvalue weighted by molar-refractivity contribution is -0.117. The summed E-state index contributed by atoms with van der Waals surface area (Å²) in [6.45, 7) is 2.48. The number of hydrogen-bond donors (Lipinski definition) is 3. The summed E-state index contributed by atoms with van der Waals surface area (Å²) in [5, 5.41) is 5.69. The van der Waals surface area contributed by atoms with Gasteiger partial charge < -0.3 is 16.4 Å². The molecule has 0 aliphatic heterocycles. The SMILES string of the molecule is Cc1cccc(CNC(=O)Nc2ccccc2SCCC(N)=O)c1. The molecule has 0 spiro atoms. The zero-order chi connectivity index (χ0) is 17.4. The molecular formula is C18H21N3O2S. The molecule has 0 saturated heterocycles. The van der Waals surface area contributed by atoms with Gasteiger partial charge in [-0.25, -0.2) is 4.79 Å². The molecule has 2 aromatic carbocycles. The Morgan fingerprint density at radius 3 is 2.67 bits per heavy atom. The second kappa shape index (κ2) is 8.98. The van der Waals surface area contributed by atoms with Gasteiger partial charge in [0, 0.05) is 23.6 Å². The summed E-state index contributed by atoms with van der Waals surface area (Å²) in [6.07, 6.45) is 0.304. The molecule has 2 aromatic rings. The molecule has 5 nitrogen and oxygen atoms in total. The maximum atomic E-state index is 12.1. The molecule has 0 atom stereocenters. The van der Waals surface area contributed by atoms with E-state index in [4.69, 9.17) is 5.73 Å². The fraction of sp³-hybridized carbons (Fsp3) is 0.222. The van der Waals surface area contributed by atoms with Gasteiger partial charge in [-0.1, -0.05) is 42.0 Å². The summed E-state index contributed by atoms with van der Waals surface area (Å²) < 4.78 is 0. The third-order valence-corrected chi connectivity index (χ3v) is 4.35. The van der Waals surface area contributed by atoms with Gasteiger partial charge in [-0.2, -0.15) is 0 Å². The Hall–Kier alpha value is -2.47. The monoisotopic (exact) mass is 343 g/mol. The summed E-state index contributed by atoms with van der Waals surface area (Å²) in [7, 11) is 0. The Labute approximate surface area is 146 Å². The van der Waals surface area contributed by atoms with Crippen LogP contribution in [-0.2, 0) is 11.3 Å². The normalized spacial score (nSPS) is 10.2. The number of hydrogen-bond acceptors (Lipinski definition) is 3. The van der Waals surface area contributed by atoms with Crippen LogP contribution in [0, 0.1) is 6.92 Å². The number of aryl methyl sites for hydroxylation is 1. The first-order valence-corrected chi connectivity index (χ1v) is 8.63. The first-order chi connectivity index (χ1) is 11.5. The van der Waals surface area contributed by atoms with Crippen molar-refractivity contribution in [3.05, 3.63) is 59.7 Å². The van der Waals surface area contributed by atoms with Gasteiger partial charge in [0.1, 0.15) is 0 Å². The van der Waals surface area contributed by atoms with Crippen LogP contribution in [0.5, 0.6) is 0 Å². The quantitative estimate of drug-likeness (QED) is 0.675. The van der Waals surface area contributed by atoms with E-state index < -0.39 is 0 Å². The largest absolute Gasteiger partial charge is 0.370 e. The fourth-order valence-electron chi connectivity index (χ4n) is 2.13. The lowest BCUT2D eigenvalue weighted by Crippen LogP contribution is -2.28. The number of amides is 3. The number of anilines is 1. The highest BCUT2D eigenvalue weighted by Gasteiger charge is 2.07. The van der Waals surface area contributed by atoms with Crippen molar-refractivity contribution in [2.45, 2.75) is 24.8 Å². The average molecular weight is 343 g/mol. The second-order valence-corrected chi connectivity index (χ2v) is 6.49. The molecule has 0 aromatic heterocycles. The number of urea groups is 1. The average Bonchev–Trinajstić information content (AvgIpc) is 2.54. The first-order valence-electron chi connectivity index (χ1n) is 7.65. The molecular weight excluding hydrogens is 322 g/mol. The van der Waals surface area contributed by atoms with Gasteiger partial charge in [-0.3, -0.25) is 4.79 Å². The molecule has 0 saturated carbocycles. The standard InChI is InChI=1S/C18H21N3O2S/c1-13-5-4-6-14(11-13)12-20-18(23)21-15-7-2-3-8-16(15)24-10-9-17(19)22/h2-8,11H,9-10,12H2,1H3,(H2,19,22)(H2,20,21,23). The second-order valence-electron chi connectivity index (χ2n) is 5.36. The molecule has 4 N–H and O–H groups in total. The maximum Gasteiger partial charge on any atom is 0.319 e. The van der Waals surface area contributed by atoms with Crippen molar-refractivity contribution in [2.75, 3.05) is 11.1 Å². The van der Waals surface area contributed by atoms with E-state index in [0.717, 1.165) is 16.0 Å². The van der Waals surface area contributed by atoms with Crippen molar-refractivity contribution in [3.8, 4) is 0 Å². The van der Waals surface area contributed by atoms with Crippen molar-refractivity contribution < 1.29 is 9.59 Å². The molecule has 2 rings (SSSR count). The Balaban J connectivity index is 1.90. The molecule has 6 heteroatoms. The van der Waals surface area contributed by atoms with E-state index in [2.05, 4.69) is 10.6 Å². The number of primary amides is 1. The highest BCUT2D eigenvalue weighted by Crippen LogP contribution is 2.27. The molecule has 24 heavy (non-hydrogen) atoms. The van der Waals surface area contributed by atoms with Gasteiger partial charge in [0.25, 0.3) is 0 Å². The van der Waals surface area contributed by atoms with Gasteiger partial charge in [-0.15, -0.1) is 11.8 Å². The Kier molecular flexibility index (Phi) is 6.69. The number of benzene rings is 2. The highest BCUT2D eigenvalue weighted by atomic mass is 32.2. The third kappa shape index (κ3) is 5.96. The smallest absolute Gasteiger partial charge is 0.319 e. The number of nitrogens with two attached hydrogens (primary N) is 1. The van der Waals surface area contributed by atoms with Crippen molar-refractivity contribution >= 4 is 29.4 Å². The number of nitrogens with one attached hydrogen (secondary N) is 2.